The second-order valence-electron chi connectivity index (χ2n) is 4.14. The fourth-order valence-electron chi connectivity index (χ4n) is 1.32. The molecule has 0 bridgehead atoms. The molecule has 2 N–H and O–H groups in total. The van der Waals surface area contributed by atoms with E-state index in [-0.39, 0.29) is 18.4 Å². The van der Waals surface area contributed by atoms with Crippen LogP contribution in [0.5, 0.6) is 0 Å². The van der Waals surface area contributed by atoms with E-state index in [1.807, 2.05) is 6.92 Å². The fraction of sp³-hybridized carbons (Fsp3) is 0.818. The third-order valence-corrected chi connectivity index (χ3v) is 3.10. The largest absolute Gasteiger partial charge is 0.481 e. The first kappa shape index (κ1) is 16.1. The zero-order valence-electron chi connectivity index (χ0n) is 10.4. The van der Waals surface area contributed by atoms with Crippen LogP contribution >= 0.6 is 0 Å². The Labute approximate surface area is 104 Å². The van der Waals surface area contributed by atoms with Crippen molar-refractivity contribution in [3.63, 3.8) is 0 Å². The van der Waals surface area contributed by atoms with E-state index in [1.54, 1.807) is 6.26 Å². The highest BCUT2D eigenvalue weighted by molar-refractivity contribution is 7.84. The third-order valence-electron chi connectivity index (χ3n) is 2.29. The summed E-state index contributed by atoms with van der Waals surface area (Å²) >= 11 is 0. The first-order valence-electron chi connectivity index (χ1n) is 5.73. The molecule has 2 atom stereocenters. The summed E-state index contributed by atoms with van der Waals surface area (Å²) in [5, 5.41) is 11.2. The average molecular weight is 263 g/mol. The molecule has 0 aliphatic heterocycles. The molecule has 1 amide bonds. The molecular formula is C11H21NO4S. The first-order valence-corrected chi connectivity index (χ1v) is 7.45. The van der Waals surface area contributed by atoms with Crippen LogP contribution in [-0.4, -0.2) is 39.2 Å². The predicted octanol–water partition coefficient (Wildman–Crippen LogP) is 0.905. The molecule has 0 aliphatic carbocycles. The van der Waals surface area contributed by atoms with Gasteiger partial charge in [0.15, 0.2) is 0 Å². The Morgan fingerprint density at radius 2 is 1.88 bits per heavy atom. The van der Waals surface area contributed by atoms with E-state index < -0.39 is 16.8 Å². The number of carboxylic acids is 1. The van der Waals surface area contributed by atoms with Crippen molar-refractivity contribution in [3.8, 4) is 0 Å². The number of carbonyl (C=O) groups is 2. The maximum atomic E-state index is 11.4. The van der Waals surface area contributed by atoms with Crippen LogP contribution in [0.15, 0.2) is 0 Å². The van der Waals surface area contributed by atoms with Crippen molar-refractivity contribution in [2.24, 2.45) is 0 Å². The molecule has 17 heavy (non-hydrogen) atoms. The summed E-state index contributed by atoms with van der Waals surface area (Å²) in [5.41, 5.74) is 0. The van der Waals surface area contributed by atoms with Gasteiger partial charge in [-0.15, -0.1) is 0 Å². The normalized spacial score (nSPS) is 14.0. The Morgan fingerprint density at radius 3 is 2.41 bits per heavy atom. The molecule has 100 valence electrons. The molecule has 2 unspecified atom stereocenters. The van der Waals surface area contributed by atoms with Crippen molar-refractivity contribution in [1.29, 1.82) is 0 Å². The van der Waals surface area contributed by atoms with Crippen molar-refractivity contribution in [1.82, 2.24) is 5.32 Å². The number of hydrogen-bond acceptors (Lipinski definition) is 3. The molecule has 0 saturated heterocycles. The minimum absolute atomic E-state index is 0.0193. The van der Waals surface area contributed by atoms with E-state index in [0.717, 1.165) is 0 Å². The average Bonchev–Trinajstić information content (AvgIpc) is 2.21. The molecule has 6 heteroatoms. The van der Waals surface area contributed by atoms with Crippen molar-refractivity contribution in [2.75, 3.05) is 12.0 Å². The van der Waals surface area contributed by atoms with E-state index in [1.165, 1.54) is 0 Å². The van der Waals surface area contributed by atoms with Crippen LogP contribution in [-0.2, 0) is 20.4 Å². The summed E-state index contributed by atoms with van der Waals surface area (Å²) in [6, 6.07) is 0.0193. The molecule has 5 nitrogen and oxygen atoms in total. The Morgan fingerprint density at radius 1 is 1.29 bits per heavy atom. The molecule has 0 aliphatic rings. The Bertz CT molecular complexity index is 281. The van der Waals surface area contributed by atoms with Crippen LogP contribution in [0.2, 0.25) is 0 Å². The quantitative estimate of drug-likeness (QED) is 0.605. The maximum absolute atomic E-state index is 11.4. The monoisotopic (exact) mass is 263 g/mol. The van der Waals surface area contributed by atoms with Crippen molar-refractivity contribution < 1.29 is 18.9 Å². The number of aliphatic carboxylic acids is 1. The van der Waals surface area contributed by atoms with E-state index in [9.17, 15) is 13.8 Å². The lowest BCUT2D eigenvalue weighted by atomic mass is 10.1. The van der Waals surface area contributed by atoms with Crippen molar-refractivity contribution >= 4 is 22.7 Å². The third kappa shape index (κ3) is 11.4. The van der Waals surface area contributed by atoms with Gasteiger partial charge >= 0.3 is 5.97 Å². The van der Waals surface area contributed by atoms with Gasteiger partial charge in [0.05, 0.1) is 0 Å². The first-order chi connectivity index (χ1) is 7.91. The van der Waals surface area contributed by atoms with Gasteiger partial charge in [-0.3, -0.25) is 13.8 Å². The number of rotatable bonds is 9. The lowest BCUT2D eigenvalue weighted by Crippen LogP contribution is -2.33. The van der Waals surface area contributed by atoms with Gasteiger partial charge in [0.2, 0.25) is 5.91 Å². The lowest BCUT2D eigenvalue weighted by Gasteiger charge is -2.12. The van der Waals surface area contributed by atoms with Gasteiger partial charge in [-0.2, -0.15) is 0 Å². The zero-order valence-corrected chi connectivity index (χ0v) is 11.2. The van der Waals surface area contributed by atoms with E-state index in [4.69, 9.17) is 5.11 Å². The minimum atomic E-state index is -0.830. The molecule has 0 aromatic heterocycles. The SMILES string of the molecule is CC(CCS(C)=O)NC(=O)CCCCC(=O)O. The number of nitrogens with one attached hydrogen (secondary N) is 1. The molecule has 0 saturated carbocycles. The van der Waals surface area contributed by atoms with Crippen LogP contribution in [0, 0.1) is 0 Å². The van der Waals surface area contributed by atoms with Gasteiger partial charge < -0.3 is 10.4 Å². The molecular weight excluding hydrogens is 242 g/mol. The molecule has 0 rings (SSSR count). The number of carbonyl (C=O) groups excluding carboxylic acids is 1. The topological polar surface area (TPSA) is 83.5 Å². The fourth-order valence-corrected chi connectivity index (χ4v) is 2.01. The van der Waals surface area contributed by atoms with E-state index >= 15 is 0 Å². The van der Waals surface area contributed by atoms with Gasteiger partial charge in [-0.25, -0.2) is 0 Å². The van der Waals surface area contributed by atoms with E-state index in [0.29, 0.717) is 31.4 Å². The molecule has 0 spiro atoms. The van der Waals surface area contributed by atoms with Crippen molar-refractivity contribution in [3.05, 3.63) is 0 Å². The molecule has 0 aromatic carbocycles. The maximum Gasteiger partial charge on any atom is 0.303 e. The number of amides is 1. The summed E-state index contributed by atoms with van der Waals surface area (Å²) in [7, 11) is -0.830. The standard InChI is InChI=1S/C11H21NO4S/c1-9(7-8-17(2)16)12-10(13)5-3-4-6-11(14)15/h9H,3-8H2,1-2H3,(H,12,13)(H,14,15). The number of carboxylic acid groups (broad SMARTS) is 1. The number of hydrogen-bond donors (Lipinski definition) is 2. The predicted molar refractivity (Wildman–Crippen MR) is 67.3 cm³/mol. The second kappa shape index (κ2) is 9.15. The van der Waals surface area contributed by atoms with Crippen LogP contribution in [0.3, 0.4) is 0 Å². The Kier molecular flexibility index (Phi) is 8.66. The van der Waals surface area contributed by atoms with Gasteiger partial charge in [0.25, 0.3) is 0 Å². The van der Waals surface area contributed by atoms with Gasteiger partial charge in [-0.1, -0.05) is 0 Å². The van der Waals surface area contributed by atoms with Crippen LogP contribution in [0.4, 0.5) is 0 Å². The van der Waals surface area contributed by atoms with Crippen LogP contribution in [0.1, 0.15) is 39.0 Å². The highest BCUT2D eigenvalue weighted by atomic mass is 32.2. The summed E-state index contributed by atoms with van der Waals surface area (Å²) in [6.45, 7) is 1.88. The molecule has 0 fully saturated rings. The summed E-state index contributed by atoms with van der Waals surface area (Å²) in [4.78, 5) is 21.6. The Hall–Kier alpha value is -0.910. The highest BCUT2D eigenvalue weighted by Gasteiger charge is 2.08. The Balaban J connectivity index is 3.57. The lowest BCUT2D eigenvalue weighted by molar-refractivity contribution is -0.137. The van der Waals surface area contributed by atoms with Crippen LogP contribution < -0.4 is 5.32 Å². The zero-order chi connectivity index (χ0) is 13.3. The molecule has 0 heterocycles. The smallest absolute Gasteiger partial charge is 0.303 e. The highest BCUT2D eigenvalue weighted by Crippen LogP contribution is 2.01. The summed E-state index contributed by atoms with van der Waals surface area (Å²) < 4.78 is 10.9. The summed E-state index contributed by atoms with van der Waals surface area (Å²) in [6.07, 6.45) is 3.91. The van der Waals surface area contributed by atoms with Crippen LogP contribution in [0.25, 0.3) is 0 Å². The second-order valence-corrected chi connectivity index (χ2v) is 5.69. The van der Waals surface area contributed by atoms with Crippen molar-refractivity contribution in [2.45, 2.75) is 45.1 Å². The van der Waals surface area contributed by atoms with Gasteiger partial charge in [0, 0.05) is 41.7 Å². The molecule has 0 radical (unpaired) electrons. The summed E-state index contributed by atoms with van der Waals surface area (Å²) in [5.74, 6) is -0.311. The number of unbranched alkanes of at least 4 members (excludes halogenated alkanes) is 1. The van der Waals surface area contributed by atoms with Gasteiger partial charge in [-0.05, 0) is 26.2 Å². The molecule has 0 aromatic rings. The minimum Gasteiger partial charge on any atom is -0.481 e. The van der Waals surface area contributed by atoms with E-state index in [2.05, 4.69) is 5.32 Å². The van der Waals surface area contributed by atoms with Gasteiger partial charge in [0.1, 0.15) is 0 Å².